The van der Waals surface area contributed by atoms with Crippen LogP contribution in [0.15, 0.2) is 29.1 Å². The molecule has 0 N–H and O–H groups in total. The van der Waals surface area contributed by atoms with E-state index in [0.29, 0.717) is 5.39 Å². The molecular formula is C17H30N2O. The topological polar surface area (TPSA) is 34.9 Å². The van der Waals surface area contributed by atoms with Crippen LogP contribution in [-0.4, -0.2) is 9.55 Å². The summed E-state index contributed by atoms with van der Waals surface area (Å²) in [7, 11) is 1.76. The molecule has 0 fully saturated rings. The number of aryl methyl sites for hydroxylation is 1. The molecule has 0 aliphatic carbocycles. The van der Waals surface area contributed by atoms with Crippen LogP contribution in [0.2, 0.25) is 0 Å². The van der Waals surface area contributed by atoms with Crippen LogP contribution in [0, 0.1) is 0 Å². The van der Waals surface area contributed by atoms with E-state index in [-0.39, 0.29) is 5.56 Å². The zero-order valence-electron chi connectivity index (χ0n) is 14.3. The lowest BCUT2D eigenvalue weighted by atomic mass is 10.2. The van der Waals surface area contributed by atoms with Crippen molar-refractivity contribution >= 4 is 10.9 Å². The number of hydrogen-bond donors (Lipinski definition) is 0. The van der Waals surface area contributed by atoms with Crippen molar-refractivity contribution in [2.24, 2.45) is 7.05 Å². The third-order valence-electron chi connectivity index (χ3n) is 2.39. The van der Waals surface area contributed by atoms with Crippen LogP contribution in [0.3, 0.4) is 0 Å². The highest BCUT2D eigenvalue weighted by molar-refractivity contribution is 5.77. The summed E-state index contributed by atoms with van der Waals surface area (Å²) >= 11 is 0. The quantitative estimate of drug-likeness (QED) is 0.765. The molecule has 1 heterocycles. The van der Waals surface area contributed by atoms with Gasteiger partial charge in [-0.2, -0.15) is 0 Å². The Kier molecular flexibility index (Phi) is 12.8. The van der Waals surface area contributed by atoms with Gasteiger partial charge in [0.1, 0.15) is 5.82 Å². The Morgan fingerprint density at radius 2 is 1.50 bits per heavy atom. The smallest absolute Gasteiger partial charge is 0.261 e. The Morgan fingerprint density at radius 3 is 2.00 bits per heavy atom. The second-order valence-electron chi connectivity index (χ2n) is 3.26. The molecule has 2 aromatic rings. The van der Waals surface area contributed by atoms with Gasteiger partial charge in [0, 0.05) is 13.5 Å². The summed E-state index contributed by atoms with van der Waals surface area (Å²) in [5.74, 6) is 0.828. The van der Waals surface area contributed by atoms with Crippen molar-refractivity contribution in [1.82, 2.24) is 9.55 Å². The Bertz CT molecular complexity index is 530. The van der Waals surface area contributed by atoms with Crippen molar-refractivity contribution in [3.63, 3.8) is 0 Å². The lowest BCUT2D eigenvalue weighted by Crippen LogP contribution is -2.21. The van der Waals surface area contributed by atoms with E-state index in [1.807, 2.05) is 72.7 Å². The molecule has 0 spiro atoms. The first-order chi connectivity index (χ1) is 9.74. The zero-order valence-corrected chi connectivity index (χ0v) is 14.3. The van der Waals surface area contributed by atoms with E-state index in [2.05, 4.69) is 4.98 Å². The molecule has 0 saturated heterocycles. The molecule has 3 nitrogen and oxygen atoms in total. The molecule has 1 aromatic heterocycles. The molecule has 0 aliphatic rings. The summed E-state index contributed by atoms with van der Waals surface area (Å²) < 4.78 is 1.61. The third kappa shape index (κ3) is 5.16. The highest BCUT2D eigenvalue weighted by atomic mass is 16.1. The van der Waals surface area contributed by atoms with Crippen LogP contribution in [0.25, 0.3) is 10.9 Å². The molecular weight excluding hydrogens is 248 g/mol. The van der Waals surface area contributed by atoms with Gasteiger partial charge < -0.3 is 0 Å². The molecule has 0 radical (unpaired) electrons. The first-order valence-electron chi connectivity index (χ1n) is 7.68. The molecule has 0 bridgehead atoms. The fraction of sp³-hybridized carbons (Fsp3) is 0.529. The maximum atomic E-state index is 11.8. The molecule has 0 unspecified atom stereocenters. The molecule has 0 saturated carbocycles. The van der Waals surface area contributed by atoms with Gasteiger partial charge in [-0.05, 0) is 12.1 Å². The minimum atomic E-state index is 0.0347. The van der Waals surface area contributed by atoms with Crippen molar-refractivity contribution in [1.29, 1.82) is 0 Å². The van der Waals surface area contributed by atoms with E-state index < -0.39 is 0 Å². The van der Waals surface area contributed by atoms with Crippen LogP contribution in [0.4, 0.5) is 0 Å². The molecule has 0 atom stereocenters. The number of hydrogen-bond acceptors (Lipinski definition) is 2. The minimum absolute atomic E-state index is 0.0347. The van der Waals surface area contributed by atoms with E-state index >= 15 is 0 Å². The van der Waals surface area contributed by atoms with Gasteiger partial charge in [0.15, 0.2) is 0 Å². The lowest BCUT2D eigenvalue weighted by Gasteiger charge is -2.06. The lowest BCUT2D eigenvalue weighted by molar-refractivity contribution is 0.752. The number of para-hydroxylation sites is 1. The third-order valence-corrected chi connectivity index (χ3v) is 2.39. The Balaban J connectivity index is 0. The van der Waals surface area contributed by atoms with Crippen LogP contribution in [0.1, 0.15) is 54.3 Å². The summed E-state index contributed by atoms with van der Waals surface area (Å²) in [6.07, 6.45) is 0.774. The van der Waals surface area contributed by atoms with E-state index in [1.165, 1.54) is 0 Å². The summed E-state index contributed by atoms with van der Waals surface area (Å²) in [5, 5.41) is 0.687. The van der Waals surface area contributed by atoms with Crippen molar-refractivity contribution in [2.75, 3.05) is 0 Å². The van der Waals surface area contributed by atoms with Crippen LogP contribution in [-0.2, 0) is 13.5 Å². The molecule has 0 aliphatic heterocycles. The number of benzene rings is 1. The summed E-state index contributed by atoms with van der Waals surface area (Å²) in [6, 6.07) is 7.44. The van der Waals surface area contributed by atoms with E-state index in [0.717, 1.165) is 17.8 Å². The second-order valence-corrected chi connectivity index (χ2v) is 3.26. The van der Waals surface area contributed by atoms with Crippen LogP contribution < -0.4 is 5.56 Å². The fourth-order valence-electron chi connectivity index (χ4n) is 1.58. The monoisotopic (exact) mass is 278 g/mol. The largest absolute Gasteiger partial charge is 0.299 e. The van der Waals surface area contributed by atoms with Gasteiger partial charge in [0.05, 0.1) is 10.9 Å². The molecule has 0 amide bonds. The fourth-order valence-corrected chi connectivity index (χ4v) is 1.58. The van der Waals surface area contributed by atoms with Gasteiger partial charge in [-0.3, -0.25) is 9.36 Å². The van der Waals surface area contributed by atoms with E-state index in [9.17, 15) is 4.79 Å². The van der Waals surface area contributed by atoms with Gasteiger partial charge in [-0.15, -0.1) is 0 Å². The summed E-state index contributed by atoms with van der Waals surface area (Å²) in [5.41, 5.74) is 0.819. The first kappa shape index (κ1) is 20.7. The van der Waals surface area contributed by atoms with E-state index in [1.54, 1.807) is 11.6 Å². The first-order valence-corrected chi connectivity index (χ1v) is 7.68. The van der Waals surface area contributed by atoms with Crippen LogP contribution in [0.5, 0.6) is 0 Å². The number of rotatable bonds is 1. The van der Waals surface area contributed by atoms with Crippen molar-refractivity contribution in [2.45, 2.75) is 54.9 Å². The van der Waals surface area contributed by atoms with E-state index in [4.69, 9.17) is 0 Å². The zero-order chi connectivity index (χ0) is 16.1. The Hall–Kier alpha value is -1.64. The maximum absolute atomic E-state index is 11.8. The highest BCUT2D eigenvalue weighted by Crippen LogP contribution is 2.06. The molecule has 20 heavy (non-hydrogen) atoms. The Morgan fingerprint density at radius 1 is 1.00 bits per heavy atom. The standard InChI is InChI=1S/C11H12N2O.3C2H6/c1-3-10-12-9-7-5-4-6-8(9)11(14)13(10)2;3*1-2/h4-7H,3H2,1-2H3;3*1-2H3. The van der Waals surface area contributed by atoms with Gasteiger partial charge in [0.2, 0.25) is 0 Å². The number of fused-ring (bicyclic) bond motifs is 1. The SMILES string of the molecule is CC.CC.CC.CCc1nc2ccccc2c(=O)n1C. The average molecular weight is 278 g/mol. The predicted molar refractivity (Wildman–Crippen MR) is 90.4 cm³/mol. The molecule has 3 heteroatoms. The van der Waals surface area contributed by atoms with Crippen molar-refractivity contribution in [3.8, 4) is 0 Å². The summed E-state index contributed by atoms with van der Waals surface area (Å²) in [6.45, 7) is 14.0. The van der Waals surface area contributed by atoms with Gasteiger partial charge in [0.25, 0.3) is 5.56 Å². The molecule has 114 valence electrons. The number of nitrogens with zero attached hydrogens (tertiary/aromatic N) is 2. The van der Waals surface area contributed by atoms with Gasteiger partial charge >= 0.3 is 0 Å². The second kappa shape index (κ2) is 12.4. The minimum Gasteiger partial charge on any atom is -0.299 e. The van der Waals surface area contributed by atoms with Crippen molar-refractivity contribution in [3.05, 3.63) is 40.4 Å². The number of aromatic nitrogens is 2. The normalized spacial score (nSPS) is 8.40. The predicted octanol–water partition coefficient (Wildman–Crippen LogP) is 4.57. The maximum Gasteiger partial charge on any atom is 0.261 e. The van der Waals surface area contributed by atoms with Crippen LogP contribution >= 0.6 is 0 Å². The average Bonchev–Trinajstić information content (AvgIpc) is 2.56. The van der Waals surface area contributed by atoms with Crippen molar-refractivity contribution < 1.29 is 0 Å². The van der Waals surface area contributed by atoms with Gasteiger partial charge in [-0.1, -0.05) is 60.6 Å². The van der Waals surface area contributed by atoms with Gasteiger partial charge in [-0.25, -0.2) is 4.98 Å². The highest BCUT2D eigenvalue weighted by Gasteiger charge is 2.04. The Labute approximate surface area is 123 Å². The molecule has 1 aromatic carbocycles. The summed E-state index contributed by atoms with van der Waals surface area (Å²) in [4.78, 5) is 16.2. The molecule has 2 rings (SSSR count).